The van der Waals surface area contributed by atoms with Crippen LogP contribution < -0.4 is 0 Å². The summed E-state index contributed by atoms with van der Waals surface area (Å²) in [7, 11) is 0. The van der Waals surface area contributed by atoms with E-state index in [9.17, 15) is 14.4 Å². The predicted octanol–water partition coefficient (Wildman–Crippen LogP) is 19.5. The van der Waals surface area contributed by atoms with Crippen LogP contribution in [0, 0.1) is 0 Å². The Morgan fingerprint density at radius 1 is 0.288 bits per heavy atom. The van der Waals surface area contributed by atoms with Crippen molar-refractivity contribution in [2.24, 2.45) is 0 Å². The van der Waals surface area contributed by atoms with E-state index in [0.29, 0.717) is 19.3 Å². The molecule has 0 spiro atoms. The molecule has 0 radical (unpaired) electrons. The van der Waals surface area contributed by atoms with E-state index >= 15 is 0 Å². The minimum Gasteiger partial charge on any atom is -0.462 e. The Labute approximate surface area is 411 Å². The molecule has 0 saturated heterocycles. The van der Waals surface area contributed by atoms with Gasteiger partial charge in [0.05, 0.1) is 0 Å². The molecule has 6 heteroatoms. The van der Waals surface area contributed by atoms with Crippen LogP contribution in [0.3, 0.4) is 0 Å². The molecule has 0 N–H and O–H groups in total. The number of allylic oxidation sites excluding steroid dienone is 4. The van der Waals surface area contributed by atoms with Crippen LogP contribution >= 0.6 is 0 Å². The van der Waals surface area contributed by atoms with Crippen molar-refractivity contribution in [2.45, 2.75) is 329 Å². The number of esters is 3. The molecule has 0 aliphatic carbocycles. The summed E-state index contributed by atoms with van der Waals surface area (Å²) in [5.41, 5.74) is 0. The summed E-state index contributed by atoms with van der Waals surface area (Å²) in [6, 6.07) is 0. The fraction of sp³-hybridized carbons (Fsp3) is 0.883. The summed E-state index contributed by atoms with van der Waals surface area (Å²) in [4.78, 5) is 38.1. The highest BCUT2D eigenvalue weighted by Gasteiger charge is 2.19. The number of hydrogen-bond acceptors (Lipinski definition) is 6. The first-order valence-corrected chi connectivity index (χ1v) is 29.3. The summed E-state index contributed by atoms with van der Waals surface area (Å²) in [5, 5.41) is 0. The van der Waals surface area contributed by atoms with E-state index in [4.69, 9.17) is 14.2 Å². The maximum Gasteiger partial charge on any atom is 0.306 e. The third kappa shape index (κ3) is 52.9. The summed E-state index contributed by atoms with van der Waals surface area (Å²) < 4.78 is 16.8. The molecule has 0 saturated carbocycles. The van der Waals surface area contributed by atoms with Crippen LogP contribution in [-0.4, -0.2) is 37.2 Å². The molecule has 0 aliphatic heterocycles. The number of carbonyl (C=O) groups excluding carboxylic acids is 3. The van der Waals surface area contributed by atoms with Gasteiger partial charge in [-0.25, -0.2) is 0 Å². The molecule has 0 aromatic rings. The quantitative estimate of drug-likeness (QED) is 0.0262. The Morgan fingerprint density at radius 3 is 0.818 bits per heavy atom. The highest BCUT2D eigenvalue weighted by atomic mass is 16.6. The number of hydrogen-bond donors (Lipinski definition) is 0. The molecule has 0 aromatic carbocycles. The third-order valence-electron chi connectivity index (χ3n) is 13.2. The second-order valence-corrected chi connectivity index (χ2v) is 19.9. The first-order chi connectivity index (χ1) is 32.5. The fourth-order valence-electron chi connectivity index (χ4n) is 8.74. The molecule has 1 atom stereocenters. The van der Waals surface area contributed by atoms with Crippen molar-refractivity contribution < 1.29 is 28.6 Å². The maximum absolute atomic E-state index is 12.8. The molecule has 1 unspecified atom stereocenters. The van der Waals surface area contributed by atoms with E-state index in [1.165, 1.54) is 212 Å². The van der Waals surface area contributed by atoms with Crippen molar-refractivity contribution in [3.63, 3.8) is 0 Å². The van der Waals surface area contributed by atoms with Gasteiger partial charge in [0.2, 0.25) is 0 Å². The Hall–Kier alpha value is -2.11. The predicted molar refractivity (Wildman–Crippen MR) is 284 cm³/mol. The molecule has 0 bridgehead atoms. The van der Waals surface area contributed by atoms with Crippen molar-refractivity contribution in [3.05, 3.63) is 24.3 Å². The van der Waals surface area contributed by atoms with Gasteiger partial charge < -0.3 is 14.2 Å². The highest BCUT2D eigenvalue weighted by Crippen LogP contribution is 2.17. The smallest absolute Gasteiger partial charge is 0.306 e. The first-order valence-electron chi connectivity index (χ1n) is 29.3. The molecule has 0 amide bonds. The number of unbranched alkanes of at least 4 members (excludes halogenated alkanes) is 39. The average molecular weight is 930 g/mol. The summed E-state index contributed by atoms with van der Waals surface area (Å²) in [6.45, 7) is 6.62. The van der Waals surface area contributed by atoms with Crippen molar-refractivity contribution in [1.82, 2.24) is 0 Å². The van der Waals surface area contributed by atoms with E-state index in [1.807, 2.05) is 0 Å². The third-order valence-corrected chi connectivity index (χ3v) is 13.2. The largest absolute Gasteiger partial charge is 0.462 e. The topological polar surface area (TPSA) is 78.9 Å². The minimum absolute atomic E-state index is 0.0714. The van der Waals surface area contributed by atoms with Crippen molar-refractivity contribution in [1.29, 1.82) is 0 Å². The lowest BCUT2D eigenvalue weighted by Crippen LogP contribution is -2.30. The minimum atomic E-state index is -0.773. The van der Waals surface area contributed by atoms with Crippen LogP contribution in [0.25, 0.3) is 0 Å². The molecule has 0 aliphatic rings. The van der Waals surface area contributed by atoms with Gasteiger partial charge in [0.15, 0.2) is 6.10 Å². The number of rotatable bonds is 54. The zero-order chi connectivity index (χ0) is 47.9. The van der Waals surface area contributed by atoms with E-state index < -0.39 is 6.10 Å². The number of ether oxygens (including phenoxy) is 3. The zero-order valence-corrected chi connectivity index (χ0v) is 44.5. The summed E-state index contributed by atoms with van der Waals surface area (Å²) in [6.07, 6.45) is 64.7. The van der Waals surface area contributed by atoms with Gasteiger partial charge in [0, 0.05) is 19.3 Å². The van der Waals surface area contributed by atoms with Crippen molar-refractivity contribution in [3.8, 4) is 0 Å². The molecular weight excluding hydrogens is 817 g/mol. The summed E-state index contributed by atoms with van der Waals surface area (Å²) in [5.74, 6) is -0.868. The van der Waals surface area contributed by atoms with Crippen LogP contribution in [0.4, 0.5) is 0 Å². The van der Waals surface area contributed by atoms with Crippen molar-refractivity contribution in [2.75, 3.05) is 13.2 Å². The SMILES string of the molecule is CCC/C=C\CCCCCCCC(=O)OCC(COC(=O)CCCCCCCCCCCCCCCCCCCCCC)OC(=O)CCCCCCCCC/C=C\CCCCCCCCC. The van der Waals surface area contributed by atoms with Crippen molar-refractivity contribution >= 4 is 17.9 Å². The van der Waals surface area contributed by atoms with Gasteiger partial charge in [-0.15, -0.1) is 0 Å². The molecule has 388 valence electrons. The van der Waals surface area contributed by atoms with E-state index in [1.54, 1.807) is 0 Å². The van der Waals surface area contributed by atoms with Crippen LogP contribution in [0.15, 0.2) is 24.3 Å². The lowest BCUT2D eigenvalue weighted by atomic mass is 10.0. The normalized spacial score (nSPS) is 12.1. The maximum atomic E-state index is 12.8. The lowest BCUT2D eigenvalue weighted by molar-refractivity contribution is -0.167. The van der Waals surface area contributed by atoms with Gasteiger partial charge in [-0.3, -0.25) is 14.4 Å². The van der Waals surface area contributed by atoms with Gasteiger partial charge in [-0.1, -0.05) is 263 Å². The summed E-state index contributed by atoms with van der Waals surface area (Å²) >= 11 is 0. The van der Waals surface area contributed by atoms with Gasteiger partial charge in [-0.2, -0.15) is 0 Å². The Kier molecular flexibility index (Phi) is 53.7. The Balaban J connectivity index is 4.24. The average Bonchev–Trinajstić information content (AvgIpc) is 3.31. The Bertz CT molecular complexity index is 1070. The molecule has 0 fully saturated rings. The molecule has 0 heterocycles. The van der Waals surface area contributed by atoms with Crippen LogP contribution in [0.1, 0.15) is 323 Å². The van der Waals surface area contributed by atoms with Crippen LogP contribution in [-0.2, 0) is 28.6 Å². The second kappa shape index (κ2) is 55.5. The van der Waals surface area contributed by atoms with E-state index in [2.05, 4.69) is 45.1 Å². The lowest BCUT2D eigenvalue weighted by Gasteiger charge is -2.18. The molecule has 0 aromatic heterocycles. The number of carbonyl (C=O) groups is 3. The highest BCUT2D eigenvalue weighted by molar-refractivity contribution is 5.71. The standard InChI is InChI=1S/C60H112O6/c1-4-7-10-13-16-19-22-24-26-28-30-31-33-34-36-38-41-44-47-50-53-59(62)65-56-57(55-64-58(61)52-49-46-43-40-21-18-15-12-9-6-3)66-60(63)54-51-48-45-42-39-37-35-32-29-27-25-23-20-17-14-11-8-5-2/h12,15,27,29,57H,4-11,13-14,16-26,28,30-56H2,1-3H3/b15-12-,29-27-. The molecule has 0 rings (SSSR count). The van der Waals surface area contributed by atoms with E-state index in [-0.39, 0.29) is 31.1 Å². The molecule has 6 nitrogen and oxygen atoms in total. The van der Waals surface area contributed by atoms with Crippen LogP contribution in [0.2, 0.25) is 0 Å². The monoisotopic (exact) mass is 929 g/mol. The molecular formula is C60H112O6. The zero-order valence-electron chi connectivity index (χ0n) is 44.5. The molecule has 66 heavy (non-hydrogen) atoms. The van der Waals surface area contributed by atoms with Gasteiger partial charge >= 0.3 is 17.9 Å². The van der Waals surface area contributed by atoms with Gasteiger partial charge in [0.1, 0.15) is 13.2 Å². The first kappa shape index (κ1) is 63.9. The van der Waals surface area contributed by atoms with Crippen LogP contribution in [0.5, 0.6) is 0 Å². The van der Waals surface area contributed by atoms with E-state index in [0.717, 1.165) is 70.6 Å². The second-order valence-electron chi connectivity index (χ2n) is 19.9. The Morgan fingerprint density at radius 2 is 0.530 bits per heavy atom. The van der Waals surface area contributed by atoms with Gasteiger partial charge in [-0.05, 0) is 64.2 Å². The fourth-order valence-corrected chi connectivity index (χ4v) is 8.74. The van der Waals surface area contributed by atoms with Gasteiger partial charge in [0.25, 0.3) is 0 Å².